The molecular weight excluding hydrogens is 365 g/mol. The van der Waals surface area contributed by atoms with Gasteiger partial charge in [0.1, 0.15) is 0 Å². The summed E-state index contributed by atoms with van der Waals surface area (Å²) in [6, 6.07) is 0. The van der Waals surface area contributed by atoms with Gasteiger partial charge in [-0.1, -0.05) is 0 Å². The molecule has 0 rings (SSSR count). The van der Waals surface area contributed by atoms with Crippen LogP contribution in [0.5, 0.6) is 0 Å². The number of rotatable bonds is 0. The maximum atomic E-state index is 8.88. The SMILES string of the molecule is O=P(O)(O)O.[AlH3].[Co].[LiH].[Ni].[O]=[Mn](=[O])([OH])[OH]. The van der Waals surface area contributed by atoms with Crippen molar-refractivity contribution in [3.05, 3.63) is 0 Å². The molecular formula is H9AlCoLiMnNiO8P. The first-order valence-electron chi connectivity index (χ1n) is 1.43. The van der Waals surface area contributed by atoms with Crippen molar-refractivity contribution in [2.24, 2.45) is 0 Å². The third-order valence-corrected chi connectivity index (χ3v) is 0. The molecule has 8 nitrogen and oxygen atoms in total. The molecule has 0 saturated heterocycles. The fourth-order valence-electron chi connectivity index (χ4n) is 0. The molecule has 0 heterocycles. The Bertz CT molecular complexity index is 207. The summed E-state index contributed by atoms with van der Waals surface area (Å²) in [5, 5.41) is 0. The van der Waals surface area contributed by atoms with Crippen molar-refractivity contribution in [1.29, 1.82) is 0 Å². The van der Waals surface area contributed by atoms with E-state index in [-0.39, 0.29) is 69.5 Å². The normalized spacial score (nSPS) is 8.36. The van der Waals surface area contributed by atoms with Crippen LogP contribution in [0.2, 0.25) is 0 Å². The minimum atomic E-state index is -5.12. The van der Waals surface area contributed by atoms with E-state index in [1.807, 2.05) is 0 Å². The van der Waals surface area contributed by atoms with E-state index >= 15 is 0 Å². The average Bonchev–Trinajstić information content (AvgIpc) is 1.12. The van der Waals surface area contributed by atoms with Crippen molar-refractivity contribution in [2.75, 3.05) is 0 Å². The van der Waals surface area contributed by atoms with E-state index in [0.717, 1.165) is 0 Å². The Morgan fingerprint density at radius 3 is 1.00 bits per heavy atom. The fraction of sp³-hybridized carbons (Fsp3) is 0. The second kappa shape index (κ2) is 15.3. The van der Waals surface area contributed by atoms with Gasteiger partial charge in [-0.15, -0.1) is 0 Å². The van der Waals surface area contributed by atoms with Crippen molar-refractivity contribution in [3.63, 3.8) is 0 Å². The van der Waals surface area contributed by atoms with E-state index in [4.69, 9.17) is 35.3 Å². The first kappa shape index (κ1) is 36.0. The Balaban J connectivity index is -0.0000000178. The zero-order valence-corrected chi connectivity index (χ0v) is 9.04. The van der Waals surface area contributed by atoms with Crippen molar-refractivity contribution < 1.29 is 81.9 Å². The van der Waals surface area contributed by atoms with Gasteiger partial charge in [-0.05, 0) is 0 Å². The predicted octanol–water partition coefficient (Wildman–Crippen LogP) is -4.12. The number of hydrogen-bond acceptors (Lipinski definition) is 3. The van der Waals surface area contributed by atoms with Crippen LogP contribution in [-0.2, 0) is 58.9 Å². The molecule has 0 unspecified atom stereocenters. The molecule has 0 aliphatic rings. The van der Waals surface area contributed by atoms with E-state index < -0.39 is 21.2 Å². The van der Waals surface area contributed by atoms with Crippen LogP contribution in [0.3, 0.4) is 0 Å². The fourth-order valence-corrected chi connectivity index (χ4v) is 0. The van der Waals surface area contributed by atoms with Crippen LogP contribution in [0.25, 0.3) is 0 Å². The zero-order chi connectivity index (χ0) is 9.00. The van der Waals surface area contributed by atoms with Gasteiger partial charge in [0, 0.05) is 33.3 Å². The molecule has 0 bridgehead atoms. The van der Waals surface area contributed by atoms with Crippen molar-refractivity contribution in [2.45, 2.75) is 0 Å². The third-order valence-electron chi connectivity index (χ3n) is 0. The van der Waals surface area contributed by atoms with Crippen LogP contribution in [0.1, 0.15) is 0 Å². The summed E-state index contributed by atoms with van der Waals surface area (Å²) in [7, 11) is -4.64. The van der Waals surface area contributed by atoms with E-state index in [1.165, 1.54) is 0 Å². The second-order valence-electron chi connectivity index (χ2n) is 0.928. The van der Waals surface area contributed by atoms with E-state index in [9.17, 15) is 0 Å². The molecule has 0 saturated carbocycles. The Morgan fingerprint density at radius 2 is 1.00 bits per heavy atom. The molecule has 0 aromatic heterocycles. The summed E-state index contributed by atoms with van der Waals surface area (Å²) >= 11 is -5.12. The van der Waals surface area contributed by atoms with Gasteiger partial charge >= 0.3 is 56.1 Å². The monoisotopic (exact) mass is 374 g/mol. The Kier molecular flexibility index (Phi) is 39.3. The molecule has 0 spiro atoms. The molecule has 0 aromatic carbocycles. The van der Waals surface area contributed by atoms with Gasteiger partial charge < -0.3 is 14.7 Å². The molecule has 14 heavy (non-hydrogen) atoms. The van der Waals surface area contributed by atoms with Gasteiger partial charge in [-0.25, -0.2) is 4.57 Å². The summed E-state index contributed by atoms with van der Waals surface area (Å²) in [5.41, 5.74) is 0. The summed E-state index contributed by atoms with van der Waals surface area (Å²) in [6.45, 7) is 0. The summed E-state index contributed by atoms with van der Waals surface area (Å²) in [6.07, 6.45) is 0. The van der Waals surface area contributed by atoms with Gasteiger partial charge in [-0.2, -0.15) is 0 Å². The molecule has 0 aliphatic carbocycles. The van der Waals surface area contributed by atoms with Gasteiger partial charge in [-0.3, -0.25) is 0 Å². The summed E-state index contributed by atoms with van der Waals surface area (Å²) in [5.74, 6) is 0. The van der Waals surface area contributed by atoms with E-state index in [1.54, 1.807) is 0 Å². The van der Waals surface area contributed by atoms with Gasteiger partial charge in [0.15, 0.2) is 17.4 Å². The molecule has 0 aliphatic heterocycles. The first-order valence-corrected chi connectivity index (χ1v) is 5.01. The maximum absolute atomic E-state index is 8.88. The second-order valence-corrected chi connectivity index (χ2v) is 3.25. The minimum absolute atomic E-state index is 0. The molecule has 0 fully saturated rings. The van der Waals surface area contributed by atoms with Gasteiger partial charge in [0.05, 0.1) is 0 Å². The number of hydrogen-bond donors (Lipinski definition) is 5. The zero-order valence-electron chi connectivity index (χ0n) is 4.94. The molecule has 0 atom stereocenters. The molecule has 5 N–H and O–H groups in total. The Hall–Kier alpha value is 2.28. The van der Waals surface area contributed by atoms with Gasteiger partial charge in [0.2, 0.25) is 0 Å². The van der Waals surface area contributed by atoms with Crippen molar-refractivity contribution in [1.82, 2.24) is 0 Å². The molecule has 1 radical (unpaired) electrons. The van der Waals surface area contributed by atoms with Crippen LogP contribution in [-0.4, -0.2) is 59.3 Å². The van der Waals surface area contributed by atoms with Crippen LogP contribution in [0.4, 0.5) is 0 Å². The van der Waals surface area contributed by atoms with Crippen LogP contribution >= 0.6 is 7.82 Å². The molecule has 0 aromatic rings. The Morgan fingerprint density at radius 1 is 1.00 bits per heavy atom. The van der Waals surface area contributed by atoms with Crippen LogP contribution in [0.15, 0.2) is 0 Å². The van der Waals surface area contributed by atoms with Crippen molar-refractivity contribution in [3.8, 4) is 0 Å². The topological polar surface area (TPSA) is 152 Å². The predicted molar refractivity (Wildman–Crippen MR) is 37.2 cm³/mol. The van der Waals surface area contributed by atoms with E-state index in [0.29, 0.717) is 0 Å². The molecule has 0 amide bonds. The van der Waals surface area contributed by atoms with Gasteiger partial charge in [0.25, 0.3) is 0 Å². The Labute approximate surface area is 125 Å². The quantitative estimate of drug-likeness (QED) is 0.212. The van der Waals surface area contributed by atoms with Crippen LogP contribution in [0, 0.1) is 0 Å². The average molecular weight is 375 g/mol. The van der Waals surface area contributed by atoms with Crippen LogP contribution < -0.4 is 0 Å². The van der Waals surface area contributed by atoms with E-state index in [2.05, 4.69) is 0 Å². The standard InChI is InChI=1S/Al.Co.Li.Mn.Ni.H3O4P.2H2O.2O.4H/c;;;;;1-5(2,3)4;;;;;;;;/h;;;;;(H3,1,2,3,4);2*1H2;;;;;;/q;;;+2;;;;;;;;;;/p-2. The number of phosphoric acid groups is 1. The summed E-state index contributed by atoms with van der Waals surface area (Å²) < 4.78 is 40.7. The first-order chi connectivity index (χ1) is 4.00. The van der Waals surface area contributed by atoms with Crippen molar-refractivity contribution >= 4 is 44.0 Å². The third kappa shape index (κ3) is 485. The summed E-state index contributed by atoms with van der Waals surface area (Å²) in [4.78, 5) is 21.6. The molecule has 14 heteroatoms. The molecule has 92 valence electrons.